The number of anilines is 1. The van der Waals surface area contributed by atoms with Gasteiger partial charge in [-0.25, -0.2) is 19.0 Å². The highest BCUT2D eigenvalue weighted by molar-refractivity contribution is 7.11. The maximum absolute atomic E-state index is 14.7. The number of piperazine rings is 1. The van der Waals surface area contributed by atoms with Gasteiger partial charge in [0.2, 0.25) is 0 Å². The van der Waals surface area contributed by atoms with E-state index in [9.17, 15) is 18.8 Å². The zero-order valence-electron chi connectivity index (χ0n) is 24.2. The Labute approximate surface area is 257 Å². The number of esters is 1. The van der Waals surface area contributed by atoms with Crippen LogP contribution in [0.4, 0.5) is 14.9 Å². The monoisotopic (exact) mass is 618 g/mol. The van der Waals surface area contributed by atoms with Crippen LogP contribution in [-0.4, -0.2) is 89.6 Å². The fraction of sp³-hybridized carbons (Fsp3) is 0.323. The van der Waals surface area contributed by atoms with Gasteiger partial charge in [0, 0.05) is 55.7 Å². The maximum Gasteiger partial charge on any atom is 0.338 e. The van der Waals surface area contributed by atoms with Crippen LogP contribution in [0.1, 0.15) is 27.7 Å². The van der Waals surface area contributed by atoms with Crippen LogP contribution < -0.4 is 10.2 Å². The molecule has 0 saturated carbocycles. The van der Waals surface area contributed by atoms with Crippen LogP contribution in [-0.2, 0) is 20.7 Å². The first-order chi connectivity index (χ1) is 21.2. The smallest absolute Gasteiger partial charge is 0.338 e. The van der Waals surface area contributed by atoms with Gasteiger partial charge in [-0.05, 0) is 41.8 Å². The van der Waals surface area contributed by atoms with Crippen molar-refractivity contribution in [2.24, 2.45) is 4.99 Å². The zero-order chi connectivity index (χ0) is 31.0. The summed E-state index contributed by atoms with van der Waals surface area (Å²) in [6, 6.07) is 10.8. The molecule has 44 heavy (non-hydrogen) atoms. The van der Waals surface area contributed by atoms with Crippen molar-refractivity contribution >= 4 is 40.8 Å². The number of urea groups is 1. The van der Waals surface area contributed by atoms with E-state index < -0.39 is 18.0 Å². The number of aliphatic imine (C=N–C) groups is 1. The quantitative estimate of drug-likeness (QED) is 0.368. The summed E-state index contributed by atoms with van der Waals surface area (Å²) in [5.41, 5.74) is 3.24. The molecule has 2 aromatic carbocycles. The predicted octanol–water partition coefficient (Wildman–Crippen LogP) is 3.36. The summed E-state index contributed by atoms with van der Waals surface area (Å²) < 4.78 is 19.9. The van der Waals surface area contributed by atoms with Crippen molar-refractivity contribution in [2.45, 2.75) is 25.4 Å². The predicted molar refractivity (Wildman–Crippen MR) is 162 cm³/mol. The number of carboxylic acids is 1. The van der Waals surface area contributed by atoms with Crippen LogP contribution in [0.5, 0.6) is 0 Å². The summed E-state index contributed by atoms with van der Waals surface area (Å²) in [6.45, 7) is 4.12. The lowest BCUT2D eigenvalue weighted by molar-refractivity contribution is -0.137. The Hall–Kier alpha value is -4.62. The third-order valence-electron chi connectivity index (χ3n) is 8.19. The Morgan fingerprint density at radius 3 is 2.66 bits per heavy atom. The minimum atomic E-state index is -0.910. The first-order valence-corrected chi connectivity index (χ1v) is 15.0. The lowest BCUT2D eigenvalue weighted by Crippen LogP contribution is -2.53. The highest BCUT2D eigenvalue weighted by Gasteiger charge is 2.42. The maximum atomic E-state index is 14.7. The van der Waals surface area contributed by atoms with Gasteiger partial charge in [0.05, 0.1) is 25.1 Å². The number of fused-ring (bicyclic) bond motifs is 1. The number of nitrogens with zero attached hydrogens (tertiary/aromatic N) is 5. The summed E-state index contributed by atoms with van der Waals surface area (Å²) in [7, 11) is 1.31. The Bertz CT molecular complexity index is 1660. The van der Waals surface area contributed by atoms with E-state index in [4.69, 9.17) is 14.8 Å². The number of amidine groups is 1. The molecule has 2 atom stereocenters. The number of aliphatic carboxylic acids is 1. The molecule has 3 aliphatic rings. The number of nitrogens with one attached hydrogen (secondary N) is 1. The molecule has 6 rings (SSSR count). The van der Waals surface area contributed by atoms with Crippen LogP contribution in [0.3, 0.4) is 0 Å². The molecule has 0 bridgehead atoms. The van der Waals surface area contributed by atoms with Gasteiger partial charge >= 0.3 is 18.0 Å². The summed E-state index contributed by atoms with van der Waals surface area (Å²) in [4.78, 5) is 52.6. The number of hydrogen-bond acceptors (Lipinski definition) is 9. The fourth-order valence-corrected chi connectivity index (χ4v) is 6.58. The van der Waals surface area contributed by atoms with Gasteiger partial charge in [-0.3, -0.25) is 19.6 Å². The molecular weight excluding hydrogens is 587 g/mol. The van der Waals surface area contributed by atoms with Crippen LogP contribution in [0, 0.1) is 12.7 Å². The number of hydrogen-bond donors (Lipinski definition) is 2. The molecule has 2 N–H and O–H groups in total. The summed E-state index contributed by atoms with van der Waals surface area (Å²) in [5.74, 6) is -1.37. The molecule has 13 heteroatoms. The largest absolute Gasteiger partial charge is 0.481 e. The third-order valence-corrected chi connectivity index (χ3v) is 8.97. The highest BCUT2D eigenvalue weighted by Crippen LogP contribution is 2.36. The second-order valence-corrected chi connectivity index (χ2v) is 11.8. The molecule has 0 unspecified atom stereocenters. The van der Waals surface area contributed by atoms with Crippen molar-refractivity contribution in [3.63, 3.8) is 0 Å². The highest BCUT2D eigenvalue weighted by atomic mass is 32.1. The number of thiazole rings is 1. The number of amides is 2. The van der Waals surface area contributed by atoms with Crippen molar-refractivity contribution in [1.29, 1.82) is 0 Å². The number of carboxylic acid groups (broad SMARTS) is 1. The van der Waals surface area contributed by atoms with Crippen molar-refractivity contribution in [3.8, 4) is 0 Å². The topological polar surface area (TPSA) is 128 Å². The molecule has 11 nitrogen and oxygen atoms in total. The van der Waals surface area contributed by atoms with E-state index in [1.165, 1.54) is 24.5 Å². The Morgan fingerprint density at radius 1 is 1.16 bits per heavy atom. The van der Waals surface area contributed by atoms with Crippen molar-refractivity contribution < 1.29 is 28.6 Å². The van der Waals surface area contributed by atoms with Gasteiger partial charge in [-0.2, -0.15) is 0 Å². The van der Waals surface area contributed by atoms with E-state index in [0.29, 0.717) is 77.2 Å². The summed E-state index contributed by atoms with van der Waals surface area (Å²) >= 11 is 1.40. The van der Waals surface area contributed by atoms with E-state index in [1.807, 2.05) is 10.3 Å². The lowest BCUT2D eigenvalue weighted by Gasteiger charge is -2.38. The Kier molecular flexibility index (Phi) is 8.15. The Morgan fingerprint density at radius 2 is 1.95 bits per heavy atom. The summed E-state index contributed by atoms with van der Waals surface area (Å²) in [6.07, 6.45) is 1.59. The average molecular weight is 619 g/mol. The minimum absolute atomic E-state index is 0.0794. The molecule has 3 aliphatic heterocycles. The summed E-state index contributed by atoms with van der Waals surface area (Å²) in [5, 5.41) is 14.9. The van der Waals surface area contributed by atoms with Gasteiger partial charge < -0.3 is 20.1 Å². The lowest BCUT2D eigenvalue weighted by atomic mass is 9.92. The van der Waals surface area contributed by atoms with E-state index in [2.05, 4.69) is 15.2 Å². The molecule has 1 aromatic heterocycles. The molecule has 0 aliphatic carbocycles. The number of halogens is 1. The molecule has 2 saturated heterocycles. The van der Waals surface area contributed by atoms with E-state index >= 15 is 0 Å². The SMILES string of the molecule is COC(=O)C1=C(CN2CCN3C(=O)N(c4ccc(CC(=O)O)cc4)C[C@@H]3C2)NC(c2nccs2)=N[C@H]1c1cccc(F)c1C. The number of ether oxygens (including phenoxy) is 1. The van der Waals surface area contributed by atoms with E-state index in [1.54, 1.807) is 54.4 Å². The van der Waals surface area contributed by atoms with Crippen LogP contribution in [0.15, 0.2) is 70.3 Å². The zero-order valence-corrected chi connectivity index (χ0v) is 25.0. The normalized spacial score (nSPS) is 20.3. The number of methoxy groups -OCH3 is 1. The van der Waals surface area contributed by atoms with Crippen LogP contribution in [0.25, 0.3) is 0 Å². The fourth-order valence-electron chi connectivity index (χ4n) is 5.99. The van der Waals surface area contributed by atoms with Crippen LogP contribution in [0.2, 0.25) is 0 Å². The number of carbonyl (C=O) groups is 3. The van der Waals surface area contributed by atoms with Gasteiger partial charge in [0.15, 0.2) is 10.8 Å². The van der Waals surface area contributed by atoms with Crippen molar-refractivity contribution in [3.05, 3.63) is 92.8 Å². The number of rotatable bonds is 8. The number of carbonyl (C=O) groups excluding carboxylic acids is 2. The molecular formula is C31H31FN6O5S. The molecule has 2 fully saturated rings. The average Bonchev–Trinajstić information content (AvgIpc) is 3.66. The first-order valence-electron chi connectivity index (χ1n) is 14.2. The standard InChI is InChI=1S/C31H31FN6O5S/c1-18-22(4-3-5-23(18)32)27-26(30(41)43-2)24(34-28(35-27)29-33-10-13-44-29)17-36-11-12-37-21(15-36)16-38(31(37)42)20-8-6-19(7-9-20)14-25(39)40/h3-10,13,21,27H,11-12,14-17H2,1-2H3,(H,34,35)(H,39,40)/t21-,27-/m0/s1. The van der Waals surface area contributed by atoms with Crippen LogP contribution >= 0.6 is 11.3 Å². The Balaban J connectivity index is 1.27. The van der Waals surface area contributed by atoms with Crippen molar-refractivity contribution in [1.82, 2.24) is 20.1 Å². The van der Waals surface area contributed by atoms with Gasteiger partial charge in [-0.15, -0.1) is 11.3 Å². The molecule has 0 radical (unpaired) electrons. The van der Waals surface area contributed by atoms with Gasteiger partial charge in [0.1, 0.15) is 11.9 Å². The van der Waals surface area contributed by atoms with Gasteiger partial charge in [-0.1, -0.05) is 24.3 Å². The molecule has 4 heterocycles. The second kappa shape index (κ2) is 12.2. The van der Waals surface area contributed by atoms with Crippen molar-refractivity contribution in [2.75, 3.05) is 44.7 Å². The molecule has 3 aromatic rings. The van der Waals surface area contributed by atoms with Gasteiger partial charge in [0.25, 0.3) is 0 Å². The number of benzene rings is 2. The minimum Gasteiger partial charge on any atom is -0.481 e. The molecule has 0 spiro atoms. The van der Waals surface area contributed by atoms with E-state index in [0.717, 1.165) is 0 Å². The van der Waals surface area contributed by atoms with E-state index in [-0.39, 0.29) is 24.3 Å². The third kappa shape index (κ3) is 5.67. The number of aromatic nitrogens is 1. The first kappa shape index (κ1) is 29.5. The second-order valence-electron chi connectivity index (χ2n) is 10.9. The molecule has 228 valence electrons. The molecule has 2 amide bonds.